The fourth-order valence-corrected chi connectivity index (χ4v) is 2.93. The summed E-state index contributed by atoms with van der Waals surface area (Å²) in [6.07, 6.45) is 0. The van der Waals surface area contributed by atoms with E-state index in [1.807, 2.05) is 43.3 Å². The zero-order valence-electron chi connectivity index (χ0n) is 11.7. The molecule has 2 heteroatoms. The molecule has 2 unspecified atom stereocenters. The largest absolute Gasteiger partial charge is 0.297 e. The fourth-order valence-electron chi connectivity index (χ4n) is 2.93. The van der Waals surface area contributed by atoms with Crippen molar-refractivity contribution in [2.75, 3.05) is 6.54 Å². The molecule has 0 bridgehead atoms. The van der Waals surface area contributed by atoms with Crippen molar-refractivity contribution in [3.8, 4) is 0 Å². The molecule has 1 heterocycles. The van der Waals surface area contributed by atoms with E-state index in [4.69, 9.17) is 0 Å². The van der Waals surface area contributed by atoms with Gasteiger partial charge < -0.3 is 0 Å². The van der Waals surface area contributed by atoms with Crippen molar-refractivity contribution in [3.05, 3.63) is 71.8 Å². The van der Waals surface area contributed by atoms with Crippen LogP contribution >= 0.6 is 0 Å². The maximum atomic E-state index is 12.5. The van der Waals surface area contributed by atoms with E-state index in [0.717, 1.165) is 18.7 Å². The second kappa shape index (κ2) is 5.59. The molecule has 2 aromatic carbocycles. The van der Waals surface area contributed by atoms with Crippen LogP contribution in [0.1, 0.15) is 24.0 Å². The number of hydrogen-bond acceptors (Lipinski definition) is 2. The molecule has 0 aromatic heterocycles. The van der Waals surface area contributed by atoms with Crippen molar-refractivity contribution >= 4 is 5.78 Å². The minimum absolute atomic E-state index is 0.000382. The first kappa shape index (κ1) is 13.1. The van der Waals surface area contributed by atoms with E-state index >= 15 is 0 Å². The summed E-state index contributed by atoms with van der Waals surface area (Å²) in [5.41, 5.74) is 2.40. The first-order valence-corrected chi connectivity index (χ1v) is 7.12. The standard InChI is InChI=1S/C18H19NO/c1-14-18(20)17(16-10-6-3-7-11-16)13-19(14)12-15-8-4-2-5-9-15/h2-11,14,17H,12-13H2,1H3. The molecular formula is C18H19NO. The van der Waals surface area contributed by atoms with Gasteiger partial charge >= 0.3 is 0 Å². The maximum absolute atomic E-state index is 12.5. The number of carbonyl (C=O) groups excluding carboxylic acids is 1. The second-order valence-electron chi connectivity index (χ2n) is 5.46. The van der Waals surface area contributed by atoms with Crippen molar-refractivity contribution in [1.82, 2.24) is 4.90 Å². The van der Waals surface area contributed by atoms with Crippen LogP contribution in [0.25, 0.3) is 0 Å². The van der Waals surface area contributed by atoms with E-state index in [-0.39, 0.29) is 12.0 Å². The highest BCUT2D eigenvalue weighted by Gasteiger charge is 2.37. The topological polar surface area (TPSA) is 20.3 Å². The number of benzene rings is 2. The predicted octanol–water partition coefficient (Wildman–Crippen LogP) is 3.24. The van der Waals surface area contributed by atoms with Gasteiger partial charge in [0.25, 0.3) is 0 Å². The van der Waals surface area contributed by atoms with Gasteiger partial charge in [-0.2, -0.15) is 0 Å². The molecule has 2 aromatic rings. The Hall–Kier alpha value is -1.93. The summed E-state index contributed by atoms with van der Waals surface area (Å²) in [5, 5.41) is 0. The highest BCUT2D eigenvalue weighted by molar-refractivity contribution is 5.92. The molecule has 1 aliphatic rings. The van der Waals surface area contributed by atoms with Gasteiger partial charge in [-0.3, -0.25) is 9.69 Å². The van der Waals surface area contributed by atoms with Crippen LogP contribution in [0.2, 0.25) is 0 Å². The molecule has 0 aliphatic carbocycles. The Morgan fingerprint density at radius 3 is 2.25 bits per heavy atom. The number of nitrogens with zero attached hydrogens (tertiary/aromatic N) is 1. The molecule has 0 saturated carbocycles. The number of hydrogen-bond donors (Lipinski definition) is 0. The molecule has 0 spiro atoms. The van der Waals surface area contributed by atoms with Gasteiger partial charge in [0, 0.05) is 13.1 Å². The number of ketones is 1. The first-order valence-electron chi connectivity index (χ1n) is 7.12. The van der Waals surface area contributed by atoms with Crippen LogP contribution in [-0.2, 0) is 11.3 Å². The Balaban J connectivity index is 1.77. The van der Waals surface area contributed by atoms with E-state index in [0.29, 0.717) is 5.78 Å². The summed E-state index contributed by atoms with van der Waals surface area (Å²) in [6.45, 7) is 3.68. The van der Waals surface area contributed by atoms with Crippen molar-refractivity contribution in [1.29, 1.82) is 0 Å². The number of carbonyl (C=O) groups is 1. The zero-order chi connectivity index (χ0) is 13.9. The normalized spacial score (nSPS) is 23.1. The fraction of sp³-hybridized carbons (Fsp3) is 0.278. The highest BCUT2D eigenvalue weighted by atomic mass is 16.1. The van der Waals surface area contributed by atoms with Gasteiger partial charge in [0.2, 0.25) is 0 Å². The lowest BCUT2D eigenvalue weighted by Crippen LogP contribution is -2.29. The van der Waals surface area contributed by atoms with Gasteiger partial charge in [0.05, 0.1) is 12.0 Å². The summed E-state index contributed by atoms with van der Waals surface area (Å²) in [7, 11) is 0. The lowest BCUT2D eigenvalue weighted by molar-refractivity contribution is -0.120. The Labute approximate surface area is 120 Å². The molecule has 1 saturated heterocycles. The Morgan fingerprint density at radius 1 is 1.00 bits per heavy atom. The van der Waals surface area contributed by atoms with E-state index in [1.165, 1.54) is 5.56 Å². The van der Waals surface area contributed by atoms with Gasteiger partial charge in [0.15, 0.2) is 5.78 Å². The van der Waals surface area contributed by atoms with E-state index in [9.17, 15) is 4.79 Å². The van der Waals surface area contributed by atoms with E-state index < -0.39 is 0 Å². The van der Waals surface area contributed by atoms with Crippen LogP contribution in [-0.4, -0.2) is 23.3 Å². The predicted molar refractivity (Wildman–Crippen MR) is 80.5 cm³/mol. The molecule has 3 rings (SSSR count). The summed E-state index contributed by atoms with van der Waals surface area (Å²) >= 11 is 0. The van der Waals surface area contributed by atoms with Crippen molar-refractivity contribution in [3.63, 3.8) is 0 Å². The summed E-state index contributed by atoms with van der Waals surface area (Å²) in [6, 6.07) is 20.5. The highest BCUT2D eigenvalue weighted by Crippen LogP contribution is 2.29. The molecule has 2 nitrogen and oxygen atoms in total. The Kier molecular flexibility index (Phi) is 3.66. The summed E-state index contributed by atoms with van der Waals surface area (Å²) < 4.78 is 0. The molecule has 0 radical (unpaired) electrons. The quantitative estimate of drug-likeness (QED) is 0.849. The third kappa shape index (κ3) is 2.52. The van der Waals surface area contributed by atoms with E-state index in [1.54, 1.807) is 0 Å². The van der Waals surface area contributed by atoms with Crippen molar-refractivity contribution < 1.29 is 4.79 Å². The van der Waals surface area contributed by atoms with Crippen LogP contribution in [0.5, 0.6) is 0 Å². The minimum atomic E-state index is 0.000382. The lowest BCUT2D eigenvalue weighted by atomic mass is 9.96. The van der Waals surface area contributed by atoms with E-state index in [2.05, 4.69) is 29.2 Å². The summed E-state index contributed by atoms with van der Waals surface area (Å²) in [4.78, 5) is 14.7. The first-order chi connectivity index (χ1) is 9.75. The number of likely N-dealkylation sites (tertiary alicyclic amines) is 1. The Bertz CT molecular complexity index is 579. The van der Waals surface area contributed by atoms with Crippen LogP contribution in [0.3, 0.4) is 0 Å². The summed E-state index contributed by atoms with van der Waals surface area (Å²) in [5.74, 6) is 0.363. The van der Waals surface area contributed by atoms with Crippen LogP contribution in [0.15, 0.2) is 60.7 Å². The smallest absolute Gasteiger partial charge is 0.158 e. The third-order valence-electron chi connectivity index (χ3n) is 4.15. The van der Waals surface area contributed by atoms with Gasteiger partial charge in [-0.05, 0) is 18.1 Å². The SMILES string of the molecule is CC1C(=O)C(c2ccccc2)CN1Cc1ccccc1. The molecule has 102 valence electrons. The maximum Gasteiger partial charge on any atom is 0.158 e. The lowest BCUT2D eigenvalue weighted by Gasteiger charge is -2.19. The molecule has 0 N–H and O–H groups in total. The molecule has 0 amide bonds. The second-order valence-corrected chi connectivity index (χ2v) is 5.46. The van der Waals surface area contributed by atoms with Crippen molar-refractivity contribution in [2.24, 2.45) is 0 Å². The Morgan fingerprint density at radius 2 is 1.60 bits per heavy atom. The van der Waals surface area contributed by atoms with Crippen molar-refractivity contribution in [2.45, 2.75) is 25.4 Å². The van der Waals surface area contributed by atoms with Gasteiger partial charge in [-0.1, -0.05) is 60.7 Å². The number of Topliss-reactive ketones (excluding diaryl/α,β-unsaturated/α-hetero) is 1. The average Bonchev–Trinajstić information content (AvgIpc) is 2.78. The van der Waals surface area contributed by atoms with Gasteiger partial charge in [0.1, 0.15) is 0 Å². The minimum Gasteiger partial charge on any atom is -0.297 e. The van der Waals surface area contributed by atoms with Gasteiger partial charge in [-0.25, -0.2) is 0 Å². The average molecular weight is 265 g/mol. The molecule has 2 atom stereocenters. The molecule has 1 aliphatic heterocycles. The monoisotopic (exact) mass is 265 g/mol. The van der Waals surface area contributed by atoms with Crippen LogP contribution in [0, 0.1) is 0 Å². The number of rotatable bonds is 3. The van der Waals surface area contributed by atoms with Crippen LogP contribution in [0.4, 0.5) is 0 Å². The van der Waals surface area contributed by atoms with Gasteiger partial charge in [-0.15, -0.1) is 0 Å². The molecule has 20 heavy (non-hydrogen) atoms. The van der Waals surface area contributed by atoms with Crippen LogP contribution < -0.4 is 0 Å². The molecule has 1 fully saturated rings. The molecular weight excluding hydrogens is 246 g/mol. The zero-order valence-corrected chi connectivity index (χ0v) is 11.7. The third-order valence-corrected chi connectivity index (χ3v) is 4.15.